The molecule has 2 unspecified atom stereocenters. The first-order chi connectivity index (χ1) is 20.2. The first kappa shape index (κ1) is 28.9. The Bertz CT molecular complexity index is 1670. The molecule has 0 aliphatic carbocycles. The lowest BCUT2D eigenvalue weighted by Gasteiger charge is -2.32. The molecule has 214 valence electrons. The molecule has 1 aromatic heterocycles. The van der Waals surface area contributed by atoms with Gasteiger partial charge in [0, 0.05) is 25.7 Å². The van der Waals surface area contributed by atoms with Crippen LogP contribution in [0.2, 0.25) is 0 Å². The molecule has 4 aromatic rings. The second-order valence-corrected chi connectivity index (χ2v) is 10.3. The number of aliphatic hydroxyl groups is 1. The molecule has 0 amide bonds. The molecular weight excluding hydrogens is 543 g/mol. The number of hydrogen-bond acceptors (Lipinski definition) is 6. The molecule has 0 bridgehead atoms. The second-order valence-electron chi connectivity index (χ2n) is 10.3. The number of nitrogens with zero attached hydrogens (tertiary/aromatic N) is 5. The Morgan fingerprint density at radius 2 is 1.81 bits per heavy atom. The van der Waals surface area contributed by atoms with Crippen molar-refractivity contribution in [3.05, 3.63) is 107 Å². The normalized spacial score (nSPS) is 16.1. The highest BCUT2D eigenvalue weighted by molar-refractivity contribution is 5.74. The van der Waals surface area contributed by atoms with Gasteiger partial charge in [0.25, 0.3) is 0 Å². The minimum absolute atomic E-state index is 0.0902. The zero-order valence-electron chi connectivity index (χ0n) is 22.8. The van der Waals surface area contributed by atoms with Crippen LogP contribution in [-0.4, -0.2) is 33.9 Å². The van der Waals surface area contributed by atoms with Crippen LogP contribution in [0.5, 0.6) is 0 Å². The van der Waals surface area contributed by atoms with Crippen molar-refractivity contribution in [3.8, 4) is 23.3 Å². The van der Waals surface area contributed by atoms with Gasteiger partial charge >= 0.3 is 6.18 Å². The number of aromatic nitrogens is 2. The van der Waals surface area contributed by atoms with E-state index in [1.54, 1.807) is 48.4 Å². The summed E-state index contributed by atoms with van der Waals surface area (Å²) in [5.74, 6) is 0. The number of hydrogen-bond donors (Lipinski definition) is 1. The predicted molar refractivity (Wildman–Crippen MR) is 150 cm³/mol. The average Bonchev–Trinajstić information content (AvgIpc) is 3.42. The zero-order chi connectivity index (χ0) is 29.9. The fourth-order valence-corrected chi connectivity index (χ4v) is 5.36. The summed E-state index contributed by atoms with van der Waals surface area (Å²) in [5.41, 5.74) is 2.57. The predicted octanol–water partition coefficient (Wildman–Crippen LogP) is 6.12. The Morgan fingerprint density at radius 1 is 1.05 bits per heavy atom. The fraction of sp³-hybridized carbons (Fsp3) is 0.281. The van der Waals surface area contributed by atoms with Gasteiger partial charge in [-0.1, -0.05) is 30.3 Å². The van der Waals surface area contributed by atoms with Crippen LogP contribution in [0, 0.1) is 22.7 Å². The van der Waals surface area contributed by atoms with Crippen molar-refractivity contribution < 1.29 is 23.0 Å². The standard InChI is InChI=1S/C32H28F3N5O2/c1-39-20-38-17-30(39)31(42-19-21-8-9-24(16-37)29(13-21)40-12-4-5-25(41)18-40)22-10-11-23(15-36)27(14-22)26-6-2-3-7-28(26)32(33,34)35/h2-3,6-11,13-14,17,20,25,31,41H,4-5,12,18-19H2,1H3. The van der Waals surface area contributed by atoms with Gasteiger partial charge in [0.1, 0.15) is 12.2 Å². The lowest BCUT2D eigenvalue weighted by molar-refractivity contribution is -0.137. The summed E-state index contributed by atoms with van der Waals surface area (Å²) < 4.78 is 49.9. The maximum Gasteiger partial charge on any atom is 0.417 e. The van der Waals surface area contributed by atoms with E-state index in [0.29, 0.717) is 29.8 Å². The summed E-state index contributed by atoms with van der Waals surface area (Å²) in [6.07, 6.45) is -1.02. The second kappa shape index (κ2) is 12.1. The van der Waals surface area contributed by atoms with E-state index < -0.39 is 23.9 Å². The van der Waals surface area contributed by atoms with Gasteiger partial charge in [-0.15, -0.1) is 0 Å². The van der Waals surface area contributed by atoms with Crippen molar-refractivity contribution in [2.45, 2.75) is 37.8 Å². The van der Waals surface area contributed by atoms with E-state index in [0.717, 1.165) is 30.3 Å². The van der Waals surface area contributed by atoms with Gasteiger partial charge < -0.3 is 19.3 Å². The van der Waals surface area contributed by atoms with E-state index in [1.165, 1.54) is 24.3 Å². The van der Waals surface area contributed by atoms with E-state index in [-0.39, 0.29) is 23.3 Å². The molecule has 1 fully saturated rings. The summed E-state index contributed by atoms with van der Waals surface area (Å²) in [6, 6.07) is 19.6. The number of β-amino-alcohol motifs (C(OH)–C–C–N with tert-alkyl or cyclic N) is 1. The number of rotatable bonds is 7. The SMILES string of the molecule is Cn1cncc1C(OCc1ccc(C#N)c(N2CCCC(O)C2)c1)c1ccc(C#N)c(-c2ccccc2C(F)(F)F)c1. The van der Waals surface area contributed by atoms with E-state index in [9.17, 15) is 28.8 Å². The van der Waals surface area contributed by atoms with Gasteiger partial charge in [0.2, 0.25) is 0 Å². The highest BCUT2D eigenvalue weighted by Gasteiger charge is 2.34. The Hall–Kier alpha value is -4.64. The molecule has 3 aromatic carbocycles. The molecule has 1 aliphatic rings. The van der Waals surface area contributed by atoms with Gasteiger partial charge in [-0.05, 0) is 59.9 Å². The maximum atomic E-state index is 13.9. The highest BCUT2D eigenvalue weighted by Crippen LogP contribution is 2.40. The first-order valence-electron chi connectivity index (χ1n) is 13.4. The van der Waals surface area contributed by atoms with Crippen molar-refractivity contribution in [2.75, 3.05) is 18.0 Å². The molecule has 2 heterocycles. The number of imidazole rings is 1. The minimum Gasteiger partial charge on any atom is -0.391 e. The van der Waals surface area contributed by atoms with Crippen LogP contribution in [0.4, 0.5) is 18.9 Å². The summed E-state index contributed by atoms with van der Waals surface area (Å²) >= 11 is 0. The minimum atomic E-state index is -4.60. The van der Waals surface area contributed by atoms with Gasteiger partial charge in [-0.2, -0.15) is 23.7 Å². The van der Waals surface area contributed by atoms with Crippen molar-refractivity contribution in [1.82, 2.24) is 9.55 Å². The van der Waals surface area contributed by atoms with Crippen LogP contribution in [-0.2, 0) is 24.6 Å². The first-order valence-corrected chi connectivity index (χ1v) is 13.4. The molecule has 10 heteroatoms. The van der Waals surface area contributed by atoms with Gasteiger partial charge in [-0.3, -0.25) is 0 Å². The van der Waals surface area contributed by atoms with Crippen molar-refractivity contribution in [1.29, 1.82) is 10.5 Å². The summed E-state index contributed by atoms with van der Waals surface area (Å²) in [6.45, 7) is 1.28. The Labute approximate surface area is 241 Å². The third kappa shape index (κ3) is 6.01. The lowest BCUT2D eigenvalue weighted by Crippen LogP contribution is -2.38. The van der Waals surface area contributed by atoms with E-state index in [1.807, 2.05) is 17.0 Å². The quantitative estimate of drug-likeness (QED) is 0.287. The molecule has 0 saturated carbocycles. The molecule has 5 rings (SSSR count). The third-order valence-electron chi connectivity index (χ3n) is 7.45. The Kier molecular flexibility index (Phi) is 8.30. The zero-order valence-corrected chi connectivity index (χ0v) is 22.8. The molecule has 1 saturated heterocycles. The fourth-order valence-electron chi connectivity index (χ4n) is 5.36. The molecule has 1 aliphatic heterocycles. The number of anilines is 1. The smallest absolute Gasteiger partial charge is 0.391 e. The lowest BCUT2D eigenvalue weighted by atomic mass is 9.92. The van der Waals surface area contributed by atoms with Crippen LogP contribution in [0.25, 0.3) is 11.1 Å². The highest BCUT2D eigenvalue weighted by atomic mass is 19.4. The summed E-state index contributed by atoms with van der Waals surface area (Å²) in [4.78, 5) is 6.20. The molecule has 1 N–H and O–H groups in total. The monoisotopic (exact) mass is 571 g/mol. The Morgan fingerprint density at radius 3 is 2.50 bits per heavy atom. The van der Waals surface area contributed by atoms with Crippen molar-refractivity contribution >= 4 is 5.69 Å². The largest absolute Gasteiger partial charge is 0.417 e. The molecular formula is C32H28F3N5O2. The van der Waals surface area contributed by atoms with Gasteiger partial charge in [0.15, 0.2) is 0 Å². The number of alkyl halides is 3. The van der Waals surface area contributed by atoms with Crippen LogP contribution < -0.4 is 4.90 Å². The molecule has 0 spiro atoms. The van der Waals surface area contributed by atoms with E-state index in [4.69, 9.17) is 4.74 Å². The van der Waals surface area contributed by atoms with Gasteiger partial charge in [0.05, 0.1) is 59.4 Å². The van der Waals surface area contributed by atoms with Crippen LogP contribution >= 0.6 is 0 Å². The Balaban J connectivity index is 1.52. The van der Waals surface area contributed by atoms with Crippen LogP contribution in [0.3, 0.4) is 0 Å². The number of nitriles is 2. The van der Waals surface area contributed by atoms with Crippen molar-refractivity contribution in [3.63, 3.8) is 0 Å². The van der Waals surface area contributed by atoms with Crippen LogP contribution in [0.15, 0.2) is 73.2 Å². The number of benzene rings is 3. The summed E-state index contributed by atoms with van der Waals surface area (Å²) in [7, 11) is 1.80. The number of aryl methyl sites for hydroxylation is 1. The number of piperidine rings is 1. The van der Waals surface area contributed by atoms with Crippen molar-refractivity contribution in [2.24, 2.45) is 7.05 Å². The molecule has 7 nitrogen and oxygen atoms in total. The number of halogens is 3. The summed E-state index contributed by atoms with van der Waals surface area (Å²) in [5, 5.41) is 29.6. The number of ether oxygens (including phenoxy) is 1. The van der Waals surface area contributed by atoms with E-state index >= 15 is 0 Å². The topological polar surface area (TPSA) is 98.1 Å². The van der Waals surface area contributed by atoms with Gasteiger partial charge in [-0.25, -0.2) is 4.98 Å². The maximum absolute atomic E-state index is 13.9. The van der Waals surface area contributed by atoms with E-state index in [2.05, 4.69) is 11.1 Å². The number of aliphatic hydroxyl groups excluding tert-OH is 1. The molecule has 42 heavy (non-hydrogen) atoms. The molecule has 2 atom stereocenters. The molecule has 0 radical (unpaired) electrons. The third-order valence-corrected chi connectivity index (χ3v) is 7.45. The average molecular weight is 572 g/mol. The van der Waals surface area contributed by atoms with Crippen LogP contribution in [0.1, 0.15) is 52.5 Å².